The van der Waals surface area contributed by atoms with E-state index < -0.39 is 0 Å². The minimum absolute atomic E-state index is 0.482. The fourth-order valence-electron chi connectivity index (χ4n) is 3.28. The van der Waals surface area contributed by atoms with Crippen molar-refractivity contribution in [1.29, 1.82) is 0 Å². The number of morpholine rings is 1. The summed E-state index contributed by atoms with van der Waals surface area (Å²) in [6.07, 6.45) is 5.17. The second kappa shape index (κ2) is 12.3. The van der Waals surface area contributed by atoms with E-state index in [9.17, 15) is 0 Å². The Balaban J connectivity index is 1.88. The molecule has 0 spiro atoms. The molecule has 0 saturated carbocycles. The van der Waals surface area contributed by atoms with Crippen LogP contribution in [0.4, 0.5) is 0 Å². The molecule has 154 valence electrons. The van der Waals surface area contributed by atoms with Crippen LogP contribution in [0.5, 0.6) is 0 Å². The summed E-state index contributed by atoms with van der Waals surface area (Å²) in [7, 11) is 0. The lowest BCUT2D eigenvalue weighted by molar-refractivity contribution is 0.0143. The second-order valence-electron chi connectivity index (χ2n) is 7.40. The van der Waals surface area contributed by atoms with E-state index in [1.807, 2.05) is 17.5 Å². The molecule has 1 atom stereocenters. The van der Waals surface area contributed by atoms with Crippen LogP contribution in [-0.2, 0) is 17.6 Å². The van der Waals surface area contributed by atoms with Crippen LogP contribution < -0.4 is 10.6 Å². The predicted octanol–water partition coefficient (Wildman–Crippen LogP) is 2.55. The summed E-state index contributed by atoms with van der Waals surface area (Å²) < 4.78 is 5.52. The normalized spacial score (nSPS) is 17.3. The van der Waals surface area contributed by atoms with Gasteiger partial charge >= 0.3 is 0 Å². The Hall–Kier alpha value is -1.18. The molecular weight excluding hydrogens is 358 g/mol. The SMILES string of the molecule is CCNC(=NCC(CC(C)C)N1CCOCC1)NCCc1ncc(CC)s1. The molecule has 1 saturated heterocycles. The molecule has 1 aliphatic heterocycles. The number of aryl methyl sites for hydroxylation is 1. The van der Waals surface area contributed by atoms with E-state index >= 15 is 0 Å². The highest BCUT2D eigenvalue weighted by Gasteiger charge is 2.21. The van der Waals surface area contributed by atoms with Crippen LogP contribution in [0.1, 0.15) is 44.0 Å². The molecule has 1 aromatic heterocycles. The molecule has 2 N–H and O–H groups in total. The van der Waals surface area contributed by atoms with Crippen molar-refractivity contribution in [2.24, 2.45) is 10.9 Å². The molecule has 0 radical (unpaired) electrons. The first-order valence-electron chi connectivity index (χ1n) is 10.4. The Morgan fingerprint density at radius 3 is 2.70 bits per heavy atom. The zero-order valence-electron chi connectivity index (χ0n) is 17.5. The van der Waals surface area contributed by atoms with Crippen LogP contribution in [0.2, 0.25) is 0 Å². The van der Waals surface area contributed by atoms with E-state index in [0.717, 1.165) is 64.7 Å². The van der Waals surface area contributed by atoms with Crippen LogP contribution in [-0.4, -0.2) is 67.8 Å². The van der Waals surface area contributed by atoms with Crippen LogP contribution >= 0.6 is 11.3 Å². The van der Waals surface area contributed by atoms with Crippen molar-refractivity contribution in [3.8, 4) is 0 Å². The van der Waals surface area contributed by atoms with Crippen molar-refractivity contribution >= 4 is 17.3 Å². The zero-order valence-corrected chi connectivity index (χ0v) is 18.3. The molecule has 2 rings (SSSR count). The smallest absolute Gasteiger partial charge is 0.191 e. The Kier molecular flexibility index (Phi) is 10.1. The molecule has 0 bridgehead atoms. The molecule has 2 heterocycles. The predicted molar refractivity (Wildman–Crippen MR) is 115 cm³/mol. The van der Waals surface area contributed by atoms with Gasteiger partial charge < -0.3 is 15.4 Å². The third-order valence-corrected chi connectivity index (χ3v) is 5.89. The monoisotopic (exact) mass is 395 g/mol. The average Bonchev–Trinajstić information content (AvgIpc) is 3.13. The summed E-state index contributed by atoms with van der Waals surface area (Å²) in [4.78, 5) is 13.3. The van der Waals surface area contributed by atoms with Gasteiger partial charge in [-0.3, -0.25) is 9.89 Å². The minimum atomic E-state index is 0.482. The van der Waals surface area contributed by atoms with Crippen molar-refractivity contribution in [3.05, 3.63) is 16.1 Å². The zero-order chi connectivity index (χ0) is 19.5. The largest absolute Gasteiger partial charge is 0.379 e. The van der Waals surface area contributed by atoms with Crippen LogP contribution in [0, 0.1) is 5.92 Å². The van der Waals surface area contributed by atoms with Crippen molar-refractivity contribution in [2.45, 2.75) is 53.0 Å². The molecule has 0 amide bonds. The van der Waals surface area contributed by atoms with E-state index in [1.54, 1.807) is 0 Å². The highest BCUT2D eigenvalue weighted by atomic mass is 32.1. The van der Waals surface area contributed by atoms with Crippen LogP contribution in [0.15, 0.2) is 11.2 Å². The van der Waals surface area contributed by atoms with Gasteiger partial charge in [-0.25, -0.2) is 4.98 Å². The van der Waals surface area contributed by atoms with Crippen molar-refractivity contribution in [2.75, 3.05) is 45.9 Å². The lowest BCUT2D eigenvalue weighted by Crippen LogP contribution is -2.46. The van der Waals surface area contributed by atoms with Crippen molar-refractivity contribution in [1.82, 2.24) is 20.5 Å². The fraction of sp³-hybridized carbons (Fsp3) is 0.800. The Bertz CT molecular complexity index is 554. The van der Waals surface area contributed by atoms with Crippen LogP contribution in [0.3, 0.4) is 0 Å². The second-order valence-corrected chi connectivity index (χ2v) is 8.60. The summed E-state index contributed by atoms with van der Waals surface area (Å²) in [5.41, 5.74) is 0. The van der Waals surface area contributed by atoms with Crippen molar-refractivity contribution in [3.63, 3.8) is 0 Å². The van der Waals surface area contributed by atoms with Gasteiger partial charge in [0.2, 0.25) is 0 Å². The number of hydrogen-bond acceptors (Lipinski definition) is 5. The fourth-order valence-corrected chi connectivity index (χ4v) is 4.14. The Morgan fingerprint density at radius 2 is 2.07 bits per heavy atom. The number of ether oxygens (including phenoxy) is 1. The van der Waals surface area contributed by atoms with Gasteiger partial charge in [0, 0.05) is 49.7 Å². The number of nitrogens with one attached hydrogen (secondary N) is 2. The number of guanidine groups is 1. The number of hydrogen-bond donors (Lipinski definition) is 2. The topological polar surface area (TPSA) is 61.8 Å². The molecule has 6 nitrogen and oxygen atoms in total. The van der Waals surface area contributed by atoms with E-state index in [0.29, 0.717) is 12.0 Å². The number of thiazole rings is 1. The van der Waals surface area contributed by atoms with E-state index in [2.05, 4.69) is 48.2 Å². The molecule has 27 heavy (non-hydrogen) atoms. The van der Waals surface area contributed by atoms with Gasteiger partial charge in [0.05, 0.1) is 24.8 Å². The molecular formula is C20H37N5OS. The molecule has 1 aliphatic rings. The van der Waals surface area contributed by atoms with Crippen molar-refractivity contribution < 1.29 is 4.74 Å². The van der Waals surface area contributed by atoms with E-state index in [1.165, 1.54) is 16.3 Å². The summed E-state index contributed by atoms with van der Waals surface area (Å²) >= 11 is 1.81. The van der Waals surface area contributed by atoms with Gasteiger partial charge in [-0.15, -0.1) is 11.3 Å². The van der Waals surface area contributed by atoms with E-state index in [-0.39, 0.29) is 0 Å². The lowest BCUT2D eigenvalue weighted by Gasteiger charge is -2.34. The number of rotatable bonds is 10. The first kappa shape index (κ1) is 22.1. The third kappa shape index (κ3) is 8.15. The Morgan fingerprint density at radius 1 is 1.30 bits per heavy atom. The molecule has 7 heteroatoms. The quantitative estimate of drug-likeness (QED) is 0.471. The number of nitrogens with zero attached hydrogens (tertiary/aromatic N) is 3. The van der Waals surface area contributed by atoms with Gasteiger partial charge in [0.1, 0.15) is 0 Å². The molecule has 0 aliphatic carbocycles. The standard InChI is InChI=1S/C20H37N5OS/c1-5-18-15-23-19(27-18)7-8-22-20(21-6-2)24-14-17(13-16(3)4)25-9-11-26-12-10-25/h15-17H,5-14H2,1-4H3,(H2,21,22,24). The van der Waals surface area contributed by atoms with Gasteiger partial charge in [0.25, 0.3) is 0 Å². The molecule has 1 aromatic rings. The maximum Gasteiger partial charge on any atom is 0.191 e. The highest BCUT2D eigenvalue weighted by molar-refractivity contribution is 7.11. The summed E-state index contributed by atoms with van der Waals surface area (Å²) in [6.45, 7) is 15.1. The highest BCUT2D eigenvalue weighted by Crippen LogP contribution is 2.14. The Labute approximate surface area is 168 Å². The molecule has 1 unspecified atom stereocenters. The summed E-state index contributed by atoms with van der Waals surface area (Å²) in [6, 6.07) is 0.482. The summed E-state index contributed by atoms with van der Waals surface area (Å²) in [5, 5.41) is 8.04. The lowest BCUT2D eigenvalue weighted by atomic mass is 10.0. The molecule has 1 fully saturated rings. The first-order valence-corrected chi connectivity index (χ1v) is 11.2. The van der Waals surface area contributed by atoms with Gasteiger partial charge in [-0.2, -0.15) is 0 Å². The minimum Gasteiger partial charge on any atom is -0.379 e. The van der Waals surface area contributed by atoms with Gasteiger partial charge in [0.15, 0.2) is 5.96 Å². The third-order valence-electron chi connectivity index (χ3n) is 4.69. The number of aromatic nitrogens is 1. The molecule has 0 aromatic carbocycles. The summed E-state index contributed by atoms with van der Waals surface area (Å²) in [5.74, 6) is 1.58. The van der Waals surface area contributed by atoms with Gasteiger partial charge in [-0.1, -0.05) is 20.8 Å². The first-order chi connectivity index (χ1) is 13.1. The van der Waals surface area contributed by atoms with Gasteiger partial charge in [-0.05, 0) is 25.7 Å². The maximum atomic E-state index is 5.52. The van der Waals surface area contributed by atoms with E-state index in [4.69, 9.17) is 9.73 Å². The number of aliphatic imine (C=N–C) groups is 1. The maximum absolute atomic E-state index is 5.52. The average molecular weight is 396 g/mol. The van der Waals surface area contributed by atoms with Crippen LogP contribution in [0.25, 0.3) is 0 Å².